The summed E-state index contributed by atoms with van der Waals surface area (Å²) >= 11 is 0. The van der Waals surface area contributed by atoms with Crippen LogP contribution in [0.3, 0.4) is 0 Å². The summed E-state index contributed by atoms with van der Waals surface area (Å²) in [6.07, 6.45) is 3.89. The van der Waals surface area contributed by atoms with Gasteiger partial charge in [-0.05, 0) is 57.0 Å². The zero-order chi connectivity index (χ0) is 16.2. The van der Waals surface area contributed by atoms with Gasteiger partial charge in [-0.15, -0.1) is 0 Å². The van der Waals surface area contributed by atoms with Crippen LogP contribution in [0.2, 0.25) is 0 Å². The fourth-order valence-electron chi connectivity index (χ4n) is 3.56. The number of carbonyl (C=O) groups excluding carboxylic acids is 2. The van der Waals surface area contributed by atoms with Crippen LogP contribution in [-0.4, -0.2) is 53.7 Å². The molecule has 126 valence electrons. The quantitative estimate of drug-likeness (QED) is 0.615. The third-order valence-corrected chi connectivity index (χ3v) is 4.89. The molecule has 6 heteroatoms. The number of urea groups is 1. The molecule has 0 aromatic heterocycles. The zero-order valence-corrected chi connectivity index (χ0v) is 13.7. The lowest BCUT2D eigenvalue weighted by molar-refractivity contribution is -0.134. The first-order chi connectivity index (χ1) is 10.5. The van der Waals surface area contributed by atoms with Crippen LogP contribution in [0.4, 0.5) is 4.79 Å². The number of hydrogen-bond acceptors (Lipinski definition) is 4. The molecule has 2 aliphatic heterocycles. The van der Waals surface area contributed by atoms with E-state index in [1.54, 1.807) is 0 Å². The van der Waals surface area contributed by atoms with E-state index in [0.717, 1.165) is 32.4 Å². The lowest BCUT2D eigenvalue weighted by Gasteiger charge is -2.38. The number of carbonyl (C=O) groups is 2. The van der Waals surface area contributed by atoms with Gasteiger partial charge in [0.15, 0.2) is 0 Å². The summed E-state index contributed by atoms with van der Waals surface area (Å²) in [7, 11) is 0. The largest absolute Gasteiger partial charge is 0.396 e. The lowest BCUT2D eigenvalue weighted by atomic mass is 9.74. The minimum Gasteiger partial charge on any atom is -0.396 e. The molecule has 0 saturated carbocycles. The summed E-state index contributed by atoms with van der Waals surface area (Å²) in [5, 5.41) is 15.3. The maximum Gasteiger partial charge on any atom is 0.325 e. The number of piperidine rings is 1. The Labute approximate surface area is 132 Å². The van der Waals surface area contributed by atoms with Crippen molar-refractivity contribution in [2.45, 2.75) is 51.5 Å². The number of nitrogens with one attached hydrogen (secondary N) is 2. The van der Waals surface area contributed by atoms with Crippen LogP contribution in [0.25, 0.3) is 0 Å². The highest BCUT2D eigenvalue weighted by molar-refractivity contribution is 6.07. The van der Waals surface area contributed by atoms with E-state index < -0.39 is 5.54 Å². The van der Waals surface area contributed by atoms with Gasteiger partial charge in [-0.25, -0.2) is 4.79 Å². The first kappa shape index (κ1) is 17.2. The molecule has 3 N–H and O–H groups in total. The van der Waals surface area contributed by atoms with Gasteiger partial charge in [0.05, 0.1) is 0 Å². The molecule has 0 aromatic rings. The van der Waals surface area contributed by atoms with E-state index in [-0.39, 0.29) is 24.5 Å². The van der Waals surface area contributed by atoms with Crippen LogP contribution in [0.15, 0.2) is 0 Å². The molecule has 2 fully saturated rings. The Morgan fingerprint density at radius 2 is 2.00 bits per heavy atom. The van der Waals surface area contributed by atoms with Gasteiger partial charge in [-0.1, -0.05) is 13.8 Å². The number of amides is 3. The van der Waals surface area contributed by atoms with Gasteiger partial charge in [-0.2, -0.15) is 0 Å². The summed E-state index contributed by atoms with van der Waals surface area (Å²) in [6, 6.07) is -0.291. The number of nitrogens with zero attached hydrogens (tertiary/aromatic N) is 1. The van der Waals surface area contributed by atoms with Crippen molar-refractivity contribution in [3.8, 4) is 0 Å². The standard InChI is InChI=1S/C16H29N3O3/c1-12(2)4-7-16(13-5-8-17-9-6-13)14(21)19(10-3-11-20)15(22)18-16/h12-13,17,20H,3-11H2,1-2H3,(H,18,22)/t16-/m0/s1. The molecule has 22 heavy (non-hydrogen) atoms. The van der Waals surface area contributed by atoms with Crippen molar-refractivity contribution in [1.82, 2.24) is 15.5 Å². The van der Waals surface area contributed by atoms with Crippen molar-refractivity contribution in [2.24, 2.45) is 11.8 Å². The number of aliphatic hydroxyl groups excluding tert-OH is 1. The first-order valence-electron chi connectivity index (χ1n) is 8.47. The summed E-state index contributed by atoms with van der Waals surface area (Å²) in [5.41, 5.74) is -0.737. The number of hydrogen-bond donors (Lipinski definition) is 3. The summed E-state index contributed by atoms with van der Waals surface area (Å²) < 4.78 is 0. The molecular weight excluding hydrogens is 282 g/mol. The van der Waals surface area contributed by atoms with E-state index in [4.69, 9.17) is 5.11 Å². The summed E-state index contributed by atoms with van der Waals surface area (Å²) in [6.45, 7) is 6.36. The van der Waals surface area contributed by atoms with Gasteiger partial charge in [0.2, 0.25) is 0 Å². The maximum atomic E-state index is 13.0. The SMILES string of the molecule is CC(C)CC[C@@]1(C2CCNCC2)NC(=O)N(CCCO)C1=O. The second-order valence-electron chi connectivity index (χ2n) is 6.89. The molecule has 2 heterocycles. The minimum atomic E-state index is -0.737. The van der Waals surface area contributed by atoms with Gasteiger partial charge in [-0.3, -0.25) is 9.69 Å². The zero-order valence-electron chi connectivity index (χ0n) is 13.7. The van der Waals surface area contributed by atoms with Gasteiger partial charge < -0.3 is 15.7 Å². The van der Waals surface area contributed by atoms with Gasteiger partial charge in [0, 0.05) is 13.2 Å². The van der Waals surface area contributed by atoms with E-state index in [0.29, 0.717) is 25.3 Å². The van der Waals surface area contributed by atoms with Crippen LogP contribution in [0, 0.1) is 11.8 Å². The molecule has 2 rings (SSSR count). The smallest absolute Gasteiger partial charge is 0.325 e. The van der Waals surface area contributed by atoms with E-state index in [2.05, 4.69) is 24.5 Å². The van der Waals surface area contributed by atoms with Gasteiger partial charge in [0.1, 0.15) is 5.54 Å². The molecule has 0 aliphatic carbocycles. The molecule has 2 saturated heterocycles. The van der Waals surface area contributed by atoms with E-state index >= 15 is 0 Å². The predicted octanol–water partition coefficient (Wildman–Crippen LogP) is 1.10. The molecule has 0 radical (unpaired) electrons. The van der Waals surface area contributed by atoms with Crippen molar-refractivity contribution < 1.29 is 14.7 Å². The van der Waals surface area contributed by atoms with Gasteiger partial charge in [0.25, 0.3) is 5.91 Å². The molecular formula is C16H29N3O3. The normalized spacial score (nSPS) is 26.8. The topological polar surface area (TPSA) is 81.7 Å². The summed E-state index contributed by atoms with van der Waals surface area (Å²) in [4.78, 5) is 26.6. The van der Waals surface area contributed by atoms with Gasteiger partial charge >= 0.3 is 6.03 Å². The van der Waals surface area contributed by atoms with E-state index in [9.17, 15) is 9.59 Å². The molecule has 6 nitrogen and oxygen atoms in total. The minimum absolute atomic E-state index is 0.0105. The van der Waals surface area contributed by atoms with E-state index in [1.807, 2.05) is 0 Å². The van der Waals surface area contributed by atoms with Crippen LogP contribution in [-0.2, 0) is 4.79 Å². The monoisotopic (exact) mass is 311 g/mol. The third-order valence-electron chi connectivity index (χ3n) is 4.89. The van der Waals surface area contributed by atoms with Crippen LogP contribution in [0.5, 0.6) is 0 Å². The molecule has 0 aromatic carbocycles. The average Bonchev–Trinajstić information content (AvgIpc) is 2.76. The highest BCUT2D eigenvalue weighted by atomic mass is 16.3. The van der Waals surface area contributed by atoms with Crippen LogP contribution < -0.4 is 10.6 Å². The van der Waals surface area contributed by atoms with Crippen LogP contribution >= 0.6 is 0 Å². The first-order valence-corrected chi connectivity index (χ1v) is 8.47. The summed E-state index contributed by atoms with van der Waals surface area (Å²) in [5.74, 6) is 0.608. The average molecular weight is 311 g/mol. The molecule has 0 bridgehead atoms. The third kappa shape index (κ3) is 3.43. The Kier molecular flexibility index (Phi) is 5.81. The fourth-order valence-corrected chi connectivity index (χ4v) is 3.56. The second kappa shape index (κ2) is 7.42. The predicted molar refractivity (Wildman–Crippen MR) is 84.3 cm³/mol. The Hall–Kier alpha value is -1.14. The molecule has 2 aliphatic rings. The maximum absolute atomic E-state index is 13.0. The molecule has 0 unspecified atom stereocenters. The fraction of sp³-hybridized carbons (Fsp3) is 0.875. The number of rotatable bonds is 7. The van der Waals surface area contributed by atoms with Crippen molar-refractivity contribution in [1.29, 1.82) is 0 Å². The highest BCUT2D eigenvalue weighted by Crippen LogP contribution is 2.36. The van der Waals surface area contributed by atoms with Crippen molar-refractivity contribution in [3.63, 3.8) is 0 Å². The van der Waals surface area contributed by atoms with Crippen molar-refractivity contribution in [3.05, 3.63) is 0 Å². The Bertz CT molecular complexity index is 407. The highest BCUT2D eigenvalue weighted by Gasteiger charge is 2.54. The second-order valence-corrected chi connectivity index (χ2v) is 6.89. The molecule has 1 atom stereocenters. The molecule has 3 amide bonds. The van der Waals surface area contributed by atoms with Crippen LogP contribution in [0.1, 0.15) is 46.0 Å². The van der Waals surface area contributed by atoms with Crippen molar-refractivity contribution in [2.75, 3.05) is 26.2 Å². The Balaban J connectivity index is 2.20. The number of imide groups is 1. The van der Waals surface area contributed by atoms with E-state index in [1.165, 1.54) is 4.90 Å². The lowest BCUT2D eigenvalue weighted by Crippen LogP contribution is -2.56. The molecule has 0 spiro atoms. The number of aliphatic hydroxyl groups is 1. The Morgan fingerprint density at radius 1 is 1.32 bits per heavy atom. The van der Waals surface area contributed by atoms with Crippen molar-refractivity contribution >= 4 is 11.9 Å². The Morgan fingerprint density at radius 3 is 2.59 bits per heavy atom.